The van der Waals surface area contributed by atoms with Crippen molar-refractivity contribution in [1.29, 1.82) is 0 Å². The number of ketones is 1. The first-order valence-corrected chi connectivity index (χ1v) is 10.5. The number of hydrogen-bond donors (Lipinski definition) is 0. The number of Topliss-reactive ketones (excluding diaryl/α,β-unsaturated/α-hetero) is 1. The predicted molar refractivity (Wildman–Crippen MR) is 104 cm³/mol. The van der Waals surface area contributed by atoms with Gasteiger partial charge in [0, 0.05) is 17.6 Å². The summed E-state index contributed by atoms with van der Waals surface area (Å²) in [4.78, 5) is 25.6. The third-order valence-corrected chi connectivity index (χ3v) is 6.94. The van der Waals surface area contributed by atoms with Crippen LogP contribution in [0.15, 0.2) is 18.2 Å². The third-order valence-electron chi connectivity index (χ3n) is 6.94. The number of carbonyl (C=O) groups excluding carboxylic acids is 2. The van der Waals surface area contributed by atoms with Crippen LogP contribution in [0.1, 0.15) is 61.4 Å². The number of esters is 1. The lowest BCUT2D eigenvalue weighted by atomic mass is 9.48. The summed E-state index contributed by atoms with van der Waals surface area (Å²) in [6.45, 7) is 2.75. The molecule has 0 atom stereocenters. The molecule has 4 fully saturated rings. The van der Waals surface area contributed by atoms with Crippen molar-refractivity contribution in [2.24, 2.45) is 23.2 Å². The number of ether oxygens (including phenoxy) is 3. The van der Waals surface area contributed by atoms with Gasteiger partial charge in [-0.1, -0.05) is 0 Å². The van der Waals surface area contributed by atoms with Gasteiger partial charge in [-0.2, -0.15) is 0 Å². The zero-order valence-electron chi connectivity index (χ0n) is 16.9. The number of methoxy groups -OCH3 is 1. The van der Waals surface area contributed by atoms with E-state index in [-0.39, 0.29) is 17.8 Å². The van der Waals surface area contributed by atoms with Gasteiger partial charge in [-0.3, -0.25) is 4.79 Å². The zero-order valence-corrected chi connectivity index (χ0v) is 16.9. The summed E-state index contributed by atoms with van der Waals surface area (Å²) >= 11 is 0. The Labute approximate surface area is 166 Å². The van der Waals surface area contributed by atoms with Gasteiger partial charge in [-0.05, 0) is 81.4 Å². The lowest BCUT2D eigenvalue weighted by molar-refractivity contribution is -0.147. The van der Waals surface area contributed by atoms with Crippen LogP contribution < -0.4 is 4.74 Å². The summed E-state index contributed by atoms with van der Waals surface area (Å²) in [5, 5.41) is 0. The van der Waals surface area contributed by atoms with E-state index in [1.807, 2.05) is 6.92 Å². The van der Waals surface area contributed by atoms with Crippen LogP contribution in [0.3, 0.4) is 0 Å². The minimum Gasteiger partial charge on any atom is -0.496 e. The van der Waals surface area contributed by atoms with Crippen LogP contribution in [-0.2, 0) is 20.9 Å². The molecule has 0 N–H and O–H groups in total. The van der Waals surface area contributed by atoms with E-state index in [1.54, 1.807) is 25.3 Å². The molecule has 1 aromatic rings. The second-order valence-corrected chi connectivity index (χ2v) is 8.86. The molecule has 0 radical (unpaired) electrons. The van der Waals surface area contributed by atoms with Crippen LogP contribution in [0.2, 0.25) is 0 Å². The molecule has 4 bridgehead atoms. The molecule has 4 saturated carbocycles. The van der Waals surface area contributed by atoms with E-state index >= 15 is 0 Å². The van der Waals surface area contributed by atoms with Crippen molar-refractivity contribution in [2.45, 2.75) is 52.1 Å². The highest BCUT2D eigenvalue weighted by Gasteiger charge is 2.54. The maximum atomic E-state index is 13.0. The molecule has 4 aliphatic rings. The van der Waals surface area contributed by atoms with Crippen LogP contribution >= 0.6 is 0 Å². The largest absolute Gasteiger partial charge is 0.496 e. The SMILES string of the molecule is CCOCc1cc(C(=O)OCC(=O)C23CC4CC(CC(C4)C2)C3)ccc1OC. The molecule has 28 heavy (non-hydrogen) atoms. The summed E-state index contributed by atoms with van der Waals surface area (Å²) in [6.07, 6.45) is 6.87. The first-order chi connectivity index (χ1) is 13.5. The molecule has 0 unspecified atom stereocenters. The Morgan fingerprint density at radius 1 is 1.07 bits per heavy atom. The molecule has 0 amide bonds. The molecule has 0 spiro atoms. The number of benzene rings is 1. The van der Waals surface area contributed by atoms with Crippen molar-refractivity contribution in [2.75, 3.05) is 20.3 Å². The van der Waals surface area contributed by atoms with Crippen LogP contribution in [0.25, 0.3) is 0 Å². The molecule has 0 aromatic heterocycles. The lowest BCUT2D eigenvalue weighted by Crippen LogP contribution is -2.51. The molecule has 0 aliphatic heterocycles. The second-order valence-electron chi connectivity index (χ2n) is 8.86. The molecule has 5 nitrogen and oxygen atoms in total. The Kier molecular flexibility index (Phi) is 5.46. The van der Waals surface area contributed by atoms with Gasteiger partial charge in [-0.15, -0.1) is 0 Å². The Morgan fingerprint density at radius 3 is 2.29 bits per heavy atom. The third kappa shape index (κ3) is 3.69. The average Bonchev–Trinajstić information content (AvgIpc) is 2.68. The van der Waals surface area contributed by atoms with Crippen LogP contribution in [-0.4, -0.2) is 32.1 Å². The van der Waals surface area contributed by atoms with Gasteiger partial charge in [0.1, 0.15) is 5.75 Å². The van der Waals surface area contributed by atoms with E-state index in [2.05, 4.69) is 0 Å². The highest BCUT2D eigenvalue weighted by molar-refractivity contribution is 5.93. The molecular formula is C23H30O5. The minimum absolute atomic E-state index is 0.113. The average molecular weight is 386 g/mol. The van der Waals surface area contributed by atoms with Crippen molar-refractivity contribution in [3.63, 3.8) is 0 Å². The van der Waals surface area contributed by atoms with E-state index in [0.717, 1.165) is 24.8 Å². The first-order valence-electron chi connectivity index (χ1n) is 10.5. The zero-order chi connectivity index (χ0) is 19.7. The lowest BCUT2D eigenvalue weighted by Gasteiger charge is -2.55. The maximum Gasteiger partial charge on any atom is 0.338 e. The van der Waals surface area contributed by atoms with Gasteiger partial charge in [0.25, 0.3) is 0 Å². The minimum atomic E-state index is -0.460. The molecule has 1 aromatic carbocycles. The quantitative estimate of drug-likeness (QED) is 0.628. The molecule has 0 heterocycles. The fraction of sp³-hybridized carbons (Fsp3) is 0.652. The van der Waals surface area contributed by atoms with Gasteiger partial charge >= 0.3 is 5.97 Å². The monoisotopic (exact) mass is 386 g/mol. The van der Waals surface area contributed by atoms with Gasteiger partial charge in [-0.25, -0.2) is 4.79 Å². The number of rotatable bonds is 8. The summed E-state index contributed by atoms with van der Waals surface area (Å²) in [5.41, 5.74) is 0.995. The number of hydrogen-bond acceptors (Lipinski definition) is 5. The molecule has 4 aliphatic carbocycles. The van der Waals surface area contributed by atoms with Crippen LogP contribution in [0, 0.1) is 23.2 Å². The Morgan fingerprint density at radius 2 is 1.71 bits per heavy atom. The second kappa shape index (κ2) is 7.86. The Balaban J connectivity index is 1.40. The van der Waals surface area contributed by atoms with Gasteiger partial charge in [0.05, 0.1) is 19.3 Å². The highest BCUT2D eigenvalue weighted by atomic mass is 16.5. The smallest absolute Gasteiger partial charge is 0.338 e. The summed E-state index contributed by atoms with van der Waals surface area (Å²) < 4.78 is 16.2. The molecule has 152 valence electrons. The summed E-state index contributed by atoms with van der Waals surface area (Å²) in [6, 6.07) is 5.14. The molecular weight excluding hydrogens is 356 g/mol. The summed E-state index contributed by atoms with van der Waals surface area (Å²) in [7, 11) is 1.59. The van der Waals surface area contributed by atoms with Crippen molar-refractivity contribution in [3.8, 4) is 5.75 Å². The van der Waals surface area contributed by atoms with E-state index in [9.17, 15) is 9.59 Å². The summed E-state index contributed by atoms with van der Waals surface area (Å²) in [5.74, 6) is 2.45. The van der Waals surface area contributed by atoms with Gasteiger partial charge in [0.15, 0.2) is 12.4 Å². The first kappa shape index (κ1) is 19.4. The number of carbonyl (C=O) groups is 2. The van der Waals surface area contributed by atoms with E-state index < -0.39 is 5.97 Å². The van der Waals surface area contributed by atoms with E-state index in [0.29, 0.717) is 42.3 Å². The van der Waals surface area contributed by atoms with Crippen molar-refractivity contribution in [3.05, 3.63) is 29.3 Å². The Hall–Kier alpha value is -1.88. The molecule has 0 saturated heterocycles. The van der Waals surface area contributed by atoms with Crippen molar-refractivity contribution >= 4 is 11.8 Å². The normalized spacial score (nSPS) is 30.3. The fourth-order valence-corrected chi connectivity index (χ4v) is 6.05. The van der Waals surface area contributed by atoms with E-state index in [4.69, 9.17) is 14.2 Å². The van der Waals surface area contributed by atoms with Gasteiger partial charge < -0.3 is 14.2 Å². The molecule has 5 rings (SSSR count). The fourth-order valence-electron chi connectivity index (χ4n) is 6.05. The Bertz CT molecular complexity index is 718. The molecule has 5 heteroatoms. The van der Waals surface area contributed by atoms with Crippen molar-refractivity contribution < 1.29 is 23.8 Å². The topological polar surface area (TPSA) is 61.8 Å². The predicted octanol–water partition coefficient (Wildman–Crippen LogP) is 4.17. The standard InChI is InChI=1S/C23H30O5/c1-3-27-13-19-9-18(4-5-20(19)26-2)22(25)28-14-21(24)23-10-15-6-16(11-23)8-17(7-15)12-23/h4-5,9,15-17H,3,6-8,10-14H2,1-2H3. The van der Waals surface area contributed by atoms with E-state index in [1.165, 1.54) is 19.3 Å². The van der Waals surface area contributed by atoms with Crippen LogP contribution in [0.4, 0.5) is 0 Å². The highest BCUT2D eigenvalue weighted by Crippen LogP contribution is 2.60. The van der Waals surface area contributed by atoms with Crippen molar-refractivity contribution in [1.82, 2.24) is 0 Å². The van der Waals surface area contributed by atoms with Crippen LogP contribution in [0.5, 0.6) is 5.75 Å². The van der Waals surface area contributed by atoms with Gasteiger partial charge in [0.2, 0.25) is 0 Å². The maximum absolute atomic E-state index is 13.0.